The van der Waals surface area contributed by atoms with E-state index in [1.54, 1.807) is 0 Å². The van der Waals surface area contributed by atoms with Crippen LogP contribution in [0.15, 0.2) is 30.3 Å². The fourth-order valence-electron chi connectivity index (χ4n) is 1.38. The molecule has 2 nitrogen and oxygen atoms in total. The van der Waals surface area contributed by atoms with Crippen molar-refractivity contribution in [1.82, 2.24) is 4.90 Å². The summed E-state index contributed by atoms with van der Waals surface area (Å²) in [6.07, 6.45) is 0.999. The molecule has 74 valence electrons. The van der Waals surface area contributed by atoms with Gasteiger partial charge in [0.25, 0.3) is 0 Å². The van der Waals surface area contributed by atoms with Gasteiger partial charge in [-0.05, 0) is 26.0 Å². The molecule has 1 aromatic carbocycles. The van der Waals surface area contributed by atoms with Gasteiger partial charge in [-0.25, -0.2) is 0 Å². The molecule has 0 amide bonds. The molecular formula is C12H16N2. The molecule has 1 atom stereocenters. The van der Waals surface area contributed by atoms with Crippen LogP contribution in [0.5, 0.6) is 0 Å². The molecule has 14 heavy (non-hydrogen) atoms. The summed E-state index contributed by atoms with van der Waals surface area (Å²) in [7, 11) is 1.98. The molecular weight excluding hydrogens is 172 g/mol. The van der Waals surface area contributed by atoms with Crippen LogP contribution in [0, 0.1) is 11.3 Å². The summed E-state index contributed by atoms with van der Waals surface area (Å²) in [5, 5.41) is 8.56. The summed E-state index contributed by atoms with van der Waals surface area (Å²) in [6, 6.07) is 12.9. The molecule has 1 aromatic rings. The monoisotopic (exact) mass is 188 g/mol. The lowest BCUT2D eigenvalue weighted by Crippen LogP contribution is -2.31. The molecule has 0 saturated carbocycles. The molecule has 0 radical (unpaired) electrons. The predicted octanol–water partition coefficient (Wildman–Crippen LogP) is 2.07. The van der Waals surface area contributed by atoms with Gasteiger partial charge in [0.2, 0.25) is 0 Å². The zero-order valence-electron chi connectivity index (χ0n) is 8.77. The summed E-state index contributed by atoms with van der Waals surface area (Å²) in [5.74, 6) is 0. The van der Waals surface area contributed by atoms with E-state index in [4.69, 9.17) is 5.26 Å². The first-order valence-corrected chi connectivity index (χ1v) is 4.85. The van der Waals surface area contributed by atoms with Crippen LogP contribution in [0.3, 0.4) is 0 Å². The van der Waals surface area contributed by atoms with Crippen LogP contribution in [0.2, 0.25) is 0 Å². The smallest absolute Gasteiger partial charge is 0.0865 e. The topological polar surface area (TPSA) is 27.0 Å². The Bertz CT molecular complexity index is 300. The maximum atomic E-state index is 8.56. The fraction of sp³-hybridized carbons (Fsp3) is 0.417. The fourth-order valence-corrected chi connectivity index (χ4v) is 1.38. The van der Waals surface area contributed by atoms with Gasteiger partial charge in [-0.2, -0.15) is 5.26 Å². The van der Waals surface area contributed by atoms with Gasteiger partial charge < -0.3 is 0 Å². The van der Waals surface area contributed by atoms with E-state index in [1.165, 1.54) is 5.56 Å². The molecule has 0 fully saturated rings. The van der Waals surface area contributed by atoms with Crippen molar-refractivity contribution in [3.8, 4) is 6.07 Å². The second kappa shape index (κ2) is 5.41. The van der Waals surface area contributed by atoms with Gasteiger partial charge >= 0.3 is 0 Å². The first kappa shape index (κ1) is 10.7. The van der Waals surface area contributed by atoms with Crippen molar-refractivity contribution in [3.63, 3.8) is 0 Å². The van der Waals surface area contributed by atoms with Gasteiger partial charge in [0.1, 0.15) is 0 Å². The maximum Gasteiger partial charge on any atom is 0.0865 e. The zero-order valence-corrected chi connectivity index (χ0v) is 8.77. The lowest BCUT2D eigenvalue weighted by molar-refractivity contribution is 0.286. The Morgan fingerprint density at radius 3 is 2.57 bits per heavy atom. The third kappa shape index (κ3) is 3.20. The third-order valence-corrected chi connectivity index (χ3v) is 2.45. The molecule has 0 heterocycles. The Hall–Kier alpha value is -1.33. The van der Waals surface area contributed by atoms with Crippen molar-refractivity contribution in [2.24, 2.45) is 0 Å². The summed E-state index contributed by atoms with van der Waals surface area (Å²) >= 11 is 0. The SMILES string of the molecule is C[C@@H](Cc1ccccc1)N(C)CC#N. The highest BCUT2D eigenvalue weighted by Crippen LogP contribution is 2.06. The summed E-state index contributed by atoms with van der Waals surface area (Å²) in [6.45, 7) is 2.64. The van der Waals surface area contributed by atoms with Gasteiger partial charge in [0, 0.05) is 6.04 Å². The van der Waals surface area contributed by atoms with Crippen LogP contribution in [-0.4, -0.2) is 24.5 Å². The minimum atomic E-state index is 0.414. The molecule has 0 aliphatic heterocycles. The highest BCUT2D eigenvalue weighted by molar-refractivity contribution is 5.15. The van der Waals surface area contributed by atoms with E-state index < -0.39 is 0 Å². The zero-order chi connectivity index (χ0) is 10.4. The first-order valence-electron chi connectivity index (χ1n) is 4.85. The largest absolute Gasteiger partial charge is 0.291 e. The number of likely N-dealkylation sites (N-methyl/N-ethyl adjacent to an activating group) is 1. The van der Waals surface area contributed by atoms with Crippen LogP contribution < -0.4 is 0 Å². The quantitative estimate of drug-likeness (QED) is 0.676. The Morgan fingerprint density at radius 2 is 2.00 bits per heavy atom. The van der Waals surface area contributed by atoms with E-state index in [0.29, 0.717) is 12.6 Å². The molecule has 0 unspecified atom stereocenters. The second-order valence-corrected chi connectivity index (χ2v) is 3.61. The molecule has 0 aliphatic carbocycles. The van der Waals surface area contributed by atoms with Crippen molar-refractivity contribution >= 4 is 0 Å². The second-order valence-electron chi connectivity index (χ2n) is 3.61. The van der Waals surface area contributed by atoms with Crippen LogP contribution >= 0.6 is 0 Å². The average molecular weight is 188 g/mol. The van der Waals surface area contributed by atoms with Crippen LogP contribution in [0.4, 0.5) is 0 Å². The minimum absolute atomic E-state index is 0.414. The van der Waals surface area contributed by atoms with E-state index in [2.05, 4.69) is 30.0 Å². The van der Waals surface area contributed by atoms with Crippen molar-refractivity contribution in [3.05, 3.63) is 35.9 Å². The molecule has 0 aliphatic rings. The maximum absolute atomic E-state index is 8.56. The van der Waals surface area contributed by atoms with Crippen molar-refractivity contribution in [2.45, 2.75) is 19.4 Å². The third-order valence-electron chi connectivity index (χ3n) is 2.45. The standard InChI is InChI=1S/C12H16N2/c1-11(14(2)9-8-13)10-12-6-4-3-5-7-12/h3-7,11H,9-10H2,1-2H3/t11-/m0/s1. The lowest BCUT2D eigenvalue weighted by atomic mass is 10.1. The van der Waals surface area contributed by atoms with Gasteiger partial charge in [-0.1, -0.05) is 30.3 Å². The molecule has 0 bridgehead atoms. The number of rotatable bonds is 4. The number of nitrogens with zero attached hydrogens (tertiary/aromatic N) is 2. The summed E-state index contributed by atoms with van der Waals surface area (Å²) < 4.78 is 0. The first-order chi connectivity index (χ1) is 6.74. The Kier molecular flexibility index (Phi) is 4.15. The van der Waals surface area contributed by atoms with Gasteiger partial charge in [0.15, 0.2) is 0 Å². The lowest BCUT2D eigenvalue weighted by Gasteiger charge is -2.21. The number of nitriles is 1. The average Bonchev–Trinajstić information content (AvgIpc) is 2.19. The Labute approximate surface area is 85.8 Å². The Morgan fingerprint density at radius 1 is 1.36 bits per heavy atom. The van der Waals surface area contributed by atoms with E-state index >= 15 is 0 Å². The predicted molar refractivity (Wildman–Crippen MR) is 57.9 cm³/mol. The molecule has 2 heteroatoms. The summed E-state index contributed by atoms with van der Waals surface area (Å²) in [5.41, 5.74) is 1.32. The van der Waals surface area contributed by atoms with E-state index in [0.717, 1.165) is 6.42 Å². The van der Waals surface area contributed by atoms with E-state index in [1.807, 2.05) is 25.2 Å². The molecule has 0 spiro atoms. The number of benzene rings is 1. The minimum Gasteiger partial charge on any atom is -0.291 e. The molecule has 0 aromatic heterocycles. The van der Waals surface area contributed by atoms with E-state index in [-0.39, 0.29) is 0 Å². The van der Waals surface area contributed by atoms with Gasteiger partial charge in [0.05, 0.1) is 12.6 Å². The van der Waals surface area contributed by atoms with Crippen LogP contribution in [-0.2, 0) is 6.42 Å². The Balaban J connectivity index is 2.49. The number of hydrogen-bond donors (Lipinski definition) is 0. The number of hydrogen-bond acceptors (Lipinski definition) is 2. The molecule has 0 N–H and O–H groups in total. The van der Waals surface area contributed by atoms with Crippen molar-refractivity contribution in [1.29, 1.82) is 5.26 Å². The van der Waals surface area contributed by atoms with Gasteiger partial charge in [-0.3, -0.25) is 4.90 Å². The molecule has 0 saturated heterocycles. The highest BCUT2D eigenvalue weighted by atomic mass is 15.1. The highest BCUT2D eigenvalue weighted by Gasteiger charge is 2.08. The van der Waals surface area contributed by atoms with Crippen LogP contribution in [0.1, 0.15) is 12.5 Å². The summed E-state index contributed by atoms with van der Waals surface area (Å²) in [4.78, 5) is 2.06. The molecule has 1 rings (SSSR count). The normalized spacial score (nSPS) is 12.4. The van der Waals surface area contributed by atoms with Crippen molar-refractivity contribution in [2.75, 3.05) is 13.6 Å². The van der Waals surface area contributed by atoms with Crippen LogP contribution in [0.25, 0.3) is 0 Å². The van der Waals surface area contributed by atoms with Crippen molar-refractivity contribution < 1.29 is 0 Å². The van der Waals surface area contributed by atoms with E-state index in [9.17, 15) is 0 Å². The van der Waals surface area contributed by atoms with Gasteiger partial charge in [-0.15, -0.1) is 0 Å².